The molecule has 0 aliphatic carbocycles. The number of hydrogen-bond acceptors (Lipinski definition) is 5. The molecule has 0 fully saturated rings. The van der Waals surface area contributed by atoms with Crippen LogP contribution in [0.4, 0.5) is 5.69 Å². The summed E-state index contributed by atoms with van der Waals surface area (Å²) in [6, 6.07) is 15.8. The van der Waals surface area contributed by atoms with Crippen LogP contribution in [-0.4, -0.2) is 47.4 Å². The Morgan fingerprint density at radius 2 is 1.82 bits per heavy atom. The summed E-state index contributed by atoms with van der Waals surface area (Å²) in [5.74, 6) is 0.358. The summed E-state index contributed by atoms with van der Waals surface area (Å²) in [4.78, 5) is 34.3. The summed E-state index contributed by atoms with van der Waals surface area (Å²) in [5, 5.41) is 2.95. The first kappa shape index (κ1) is 23.0. The molecule has 7 heteroatoms. The number of carbonyl (C=O) groups is 2. The lowest BCUT2D eigenvalue weighted by Crippen LogP contribution is -2.49. The minimum atomic E-state index is -0.633. The van der Waals surface area contributed by atoms with Crippen LogP contribution in [0.25, 0.3) is 21.8 Å². The van der Waals surface area contributed by atoms with Crippen LogP contribution in [0.5, 0.6) is 5.75 Å². The Kier molecular flexibility index (Phi) is 7.08. The molecule has 0 radical (unpaired) electrons. The Morgan fingerprint density at radius 3 is 2.52 bits per heavy atom. The van der Waals surface area contributed by atoms with Gasteiger partial charge >= 0.3 is 0 Å². The van der Waals surface area contributed by atoms with Crippen molar-refractivity contribution in [2.24, 2.45) is 0 Å². The van der Waals surface area contributed by atoms with Gasteiger partial charge in [0.25, 0.3) is 5.91 Å². The van der Waals surface area contributed by atoms with E-state index in [1.165, 1.54) is 0 Å². The number of nitrogens with zero attached hydrogens (tertiary/aromatic N) is 3. The summed E-state index contributed by atoms with van der Waals surface area (Å²) in [7, 11) is 0. The van der Waals surface area contributed by atoms with Gasteiger partial charge in [-0.3, -0.25) is 14.5 Å². The first-order valence-electron chi connectivity index (χ1n) is 11.4. The molecule has 1 atom stereocenters. The summed E-state index contributed by atoms with van der Waals surface area (Å²) < 4.78 is 5.84. The molecule has 1 aromatic heterocycles. The highest BCUT2D eigenvalue weighted by molar-refractivity contribution is 7.13. The largest absolute Gasteiger partial charge is 0.479 e. The molecule has 0 saturated carbocycles. The van der Waals surface area contributed by atoms with Gasteiger partial charge in [-0.15, -0.1) is 11.3 Å². The van der Waals surface area contributed by atoms with Gasteiger partial charge in [-0.1, -0.05) is 44.2 Å². The molecule has 0 saturated heterocycles. The fraction of sp³-hybridized carbons (Fsp3) is 0.346. The van der Waals surface area contributed by atoms with Gasteiger partial charge in [0.1, 0.15) is 17.3 Å². The SMILES string of the molecule is CCCN(CCC)C(=O)CN1C(=O)C(C)Oc2ccc(-c3csc(-c4ccccc4)n3)cc21. The second-order valence-corrected chi connectivity index (χ2v) is 9.01. The minimum absolute atomic E-state index is 0.00924. The van der Waals surface area contributed by atoms with Gasteiger partial charge in [0.2, 0.25) is 5.91 Å². The highest BCUT2D eigenvalue weighted by Crippen LogP contribution is 2.38. The van der Waals surface area contributed by atoms with Crippen molar-refractivity contribution >= 4 is 28.8 Å². The minimum Gasteiger partial charge on any atom is -0.479 e. The Hall–Kier alpha value is -3.19. The molecule has 2 heterocycles. The van der Waals surface area contributed by atoms with Gasteiger partial charge in [-0.05, 0) is 38.0 Å². The number of aromatic nitrogens is 1. The fourth-order valence-electron chi connectivity index (χ4n) is 3.99. The summed E-state index contributed by atoms with van der Waals surface area (Å²) >= 11 is 1.58. The van der Waals surface area contributed by atoms with Crippen LogP contribution in [0, 0.1) is 0 Å². The lowest BCUT2D eigenvalue weighted by molar-refractivity contribution is -0.133. The van der Waals surface area contributed by atoms with Crippen molar-refractivity contribution in [3.63, 3.8) is 0 Å². The second kappa shape index (κ2) is 10.2. The molecule has 0 N–H and O–H groups in total. The van der Waals surface area contributed by atoms with E-state index < -0.39 is 6.10 Å². The Morgan fingerprint density at radius 1 is 1.09 bits per heavy atom. The highest BCUT2D eigenvalue weighted by Gasteiger charge is 2.34. The maximum Gasteiger partial charge on any atom is 0.268 e. The monoisotopic (exact) mass is 463 g/mol. The maximum absolute atomic E-state index is 13.0. The zero-order valence-corrected chi connectivity index (χ0v) is 20.1. The summed E-state index contributed by atoms with van der Waals surface area (Å²) in [6.07, 6.45) is 1.13. The molecule has 2 aromatic carbocycles. The van der Waals surface area contributed by atoms with Crippen LogP contribution in [0.1, 0.15) is 33.6 Å². The zero-order chi connectivity index (χ0) is 23.4. The highest BCUT2D eigenvalue weighted by atomic mass is 32.1. The van der Waals surface area contributed by atoms with Gasteiger partial charge in [-0.25, -0.2) is 4.98 Å². The van der Waals surface area contributed by atoms with E-state index in [1.807, 2.05) is 58.8 Å². The van der Waals surface area contributed by atoms with Crippen LogP contribution in [-0.2, 0) is 9.59 Å². The number of carbonyl (C=O) groups excluding carboxylic acids is 2. The van der Waals surface area contributed by atoms with Crippen molar-refractivity contribution in [2.45, 2.75) is 39.7 Å². The van der Waals surface area contributed by atoms with E-state index in [-0.39, 0.29) is 18.4 Å². The molecule has 172 valence electrons. The van der Waals surface area contributed by atoms with E-state index in [9.17, 15) is 9.59 Å². The van der Waals surface area contributed by atoms with Gasteiger partial charge in [-0.2, -0.15) is 0 Å². The molecule has 1 aliphatic heterocycles. The molecule has 33 heavy (non-hydrogen) atoms. The molecule has 1 aliphatic rings. The average molecular weight is 464 g/mol. The van der Waals surface area contributed by atoms with Crippen LogP contribution in [0.15, 0.2) is 53.9 Å². The van der Waals surface area contributed by atoms with Crippen LogP contribution in [0.3, 0.4) is 0 Å². The van der Waals surface area contributed by atoms with Gasteiger partial charge in [0.05, 0.1) is 11.4 Å². The summed E-state index contributed by atoms with van der Waals surface area (Å²) in [6.45, 7) is 7.21. The molecule has 4 rings (SSSR count). The Balaban J connectivity index is 1.64. The smallest absolute Gasteiger partial charge is 0.268 e. The Labute approximate surface area is 198 Å². The number of thiazole rings is 1. The third-order valence-electron chi connectivity index (χ3n) is 5.62. The molecule has 2 amide bonds. The molecule has 6 nitrogen and oxygen atoms in total. The number of rotatable bonds is 8. The predicted octanol–water partition coefficient (Wildman–Crippen LogP) is 5.24. The van der Waals surface area contributed by atoms with Crippen molar-refractivity contribution in [2.75, 3.05) is 24.5 Å². The van der Waals surface area contributed by atoms with Gasteiger partial charge < -0.3 is 9.64 Å². The topological polar surface area (TPSA) is 62.7 Å². The average Bonchev–Trinajstić information content (AvgIpc) is 3.32. The van der Waals surface area contributed by atoms with Crippen molar-refractivity contribution in [3.05, 3.63) is 53.9 Å². The molecular formula is C26H29N3O3S. The van der Waals surface area contributed by atoms with Crippen molar-refractivity contribution in [1.82, 2.24) is 9.88 Å². The fourth-order valence-corrected chi connectivity index (χ4v) is 4.82. The van der Waals surface area contributed by atoms with Crippen LogP contribution in [0.2, 0.25) is 0 Å². The Bertz CT molecular complexity index is 1120. The first-order valence-corrected chi connectivity index (χ1v) is 12.3. The third-order valence-corrected chi connectivity index (χ3v) is 6.51. The first-order chi connectivity index (χ1) is 16.0. The normalized spacial score (nSPS) is 15.2. The molecular weight excluding hydrogens is 434 g/mol. The second-order valence-electron chi connectivity index (χ2n) is 8.15. The van der Waals surface area contributed by atoms with Crippen molar-refractivity contribution in [3.8, 4) is 27.6 Å². The van der Waals surface area contributed by atoms with Crippen molar-refractivity contribution < 1.29 is 14.3 Å². The standard InChI is InChI=1S/C26H29N3O3S/c1-4-13-28(14-5-2)24(30)16-29-22-15-20(11-12-23(22)32-18(3)26(29)31)21-17-33-25(27-21)19-9-7-6-8-10-19/h6-12,15,17-18H,4-5,13-14,16H2,1-3H3. The lowest BCUT2D eigenvalue weighted by atomic mass is 10.1. The number of fused-ring (bicyclic) bond motifs is 1. The number of anilines is 1. The molecule has 1 unspecified atom stereocenters. The molecule has 0 spiro atoms. The maximum atomic E-state index is 13.0. The zero-order valence-electron chi connectivity index (χ0n) is 19.3. The summed E-state index contributed by atoms with van der Waals surface area (Å²) in [5.41, 5.74) is 3.40. The predicted molar refractivity (Wildman–Crippen MR) is 133 cm³/mol. The van der Waals surface area contributed by atoms with E-state index >= 15 is 0 Å². The number of benzene rings is 2. The van der Waals surface area contributed by atoms with E-state index in [0.29, 0.717) is 24.5 Å². The number of hydrogen-bond donors (Lipinski definition) is 0. The molecule has 0 bridgehead atoms. The number of ether oxygens (including phenoxy) is 1. The van der Waals surface area contributed by atoms with Crippen LogP contribution < -0.4 is 9.64 Å². The lowest BCUT2D eigenvalue weighted by Gasteiger charge is -2.34. The van der Waals surface area contributed by atoms with Gasteiger partial charge in [0, 0.05) is 29.6 Å². The van der Waals surface area contributed by atoms with Gasteiger partial charge in [0.15, 0.2) is 6.10 Å². The van der Waals surface area contributed by atoms with Crippen molar-refractivity contribution in [1.29, 1.82) is 0 Å². The van der Waals surface area contributed by atoms with E-state index in [1.54, 1.807) is 23.2 Å². The van der Waals surface area contributed by atoms with E-state index in [4.69, 9.17) is 9.72 Å². The van der Waals surface area contributed by atoms with E-state index in [2.05, 4.69) is 13.8 Å². The quantitative estimate of drug-likeness (QED) is 0.458. The molecule has 3 aromatic rings. The number of amides is 2. The third kappa shape index (κ3) is 4.93. The van der Waals surface area contributed by atoms with Crippen LogP contribution >= 0.6 is 11.3 Å². The van der Waals surface area contributed by atoms with E-state index in [0.717, 1.165) is 34.7 Å².